The third-order valence-corrected chi connectivity index (χ3v) is 3.59. The van der Waals surface area contributed by atoms with Gasteiger partial charge in [0.15, 0.2) is 11.4 Å². The molecule has 0 bridgehead atoms. The fourth-order valence-electron chi connectivity index (χ4n) is 2.43. The number of nitrogens with zero attached hydrogens (tertiary/aromatic N) is 6. The summed E-state index contributed by atoms with van der Waals surface area (Å²) in [7, 11) is 0. The highest BCUT2D eigenvalue weighted by Gasteiger charge is 2.11. The summed E-state index contributed by atoms with van der Waals surface area (Å²) < 4.78 is 1.65. The molecule has 7 nitrogen and oxygen atoms in total. The minimum Gasteiger partial charge on any atom is -0.293 e. The second-order valence-corrected chi connectivity index (χ2v) is 5.94. The van der Waals surface area contributed by atoms with Crippen LogP contribution >= 0.6 is 0 Å². The molecule has 26 heavy (non-hydrogen) atoms. The van der Waals surface area contributed by atoms with Gasteiger partial charge in [-0.25, -0.2) is 14.6 Å². The molecule has 0 atom stereocenters. The van der Waals surface area contributed by atoms with Gasteiger partial charge in [-0.1, -0.05) is 37.6 Å². The number of rotatable bonds is 3. The number of benzene rings is 1. The lowest BCUT2D eigenvalue weighted by atomic mass is 10.1. The lowest BCUT2D eigenvalue weighted by Gasteiger charge is -2.04. The number of Topliss-reactive ketones (excluding diaryl/α,β-unsaturated/α-hetero) is 1. The number of fused-ring (bicyclic) bond motifs is 2. The van der Waals surface area contributed by atoms with Crippen molar-refractivity contribution in [3.63, 3.8) is 0 Å². The molecule has 0 N–H and O–H groups in total. The molecule has 0 saturated carbocycles. The predicted molar refractivity (Wildman–Crippen MR) is 99.9 cm³/mol. The zero-order valence-corrected chi connectivity index (χ0v) is 15.0. The number of hydrogen-bond acceptors (Lipinski definition) is 6. The molecule has 0 radical (unpaired) electrons. The Balaban J connectivity index is 0.000000613. The zero-order valence-electron chi connectivity index (χ0n) is 15.0. The van der Waals surface area contributed by atoms with Crippen LogP contribution in [0.5, 0.6) is 0 Å². The first-order valence-electron chi connectivity index (χ1n) is 8.53. The predicted octanol–water partition coefficient (Wildman–Crippen LogP) is 3.44. The fraction of sp³-hybridized carbons (Fsp3) is 0.263. The van der Waals surface area contributed by atoms with Gasteiger partial charge in [-0.2, -0.15) is 0 Å². The van der Waals surface area contributed by atoms with Crippen molar-refractivity contribution in [1.82, 2.24) is 29.9 Å². The van der Waals surface area contributed by atoms with Crippen LogP contribution in [0.15, 0.2) is 42.7 Å². The second-order valence-electron chi connectivity index (χ2n) is 5.94. The first-order valence-corrected chi connectivity index (χ1v) is 8.53. The lowest BCUT2D eigenvalue weighted by Crippen LogP contribution is -2.05. The molecule has 132 valence electrons. The Labute approximate surface area is 151 Å². The van der Waals surface area contributed by atoms with Crippen LogP contribution in [0.1, 0.15) is 43.2 Å². The normalized spacial score (nSPS) is 10.6. The summed E-state index contributed by atoms with van der Waals surface area (Å²) in [5.41, 5.74) is 3.23. The summed E-state index contributed by atoms with van der Waals surface area (Å²) in [6, 6.07) is 9.93. The van der Waals surface area contributed by atoms with E-state index in [2.05, 4.69) is 45.2 Å². The van der Waals surface area contributed by atoms with Crippen LogP contribution in [-0.4, -0.2) is 35.7 Å². The maximum Gasteiger partial charge on any atom is 0.221 e. The average molecular weight is 348 g/mol. The minimum atomic E-state index is -0.135. The number of pyridine rings is 1. The van der Waals surface area contributed by atoms with Gasteiger partial charge in [-0.05, 0) is 23.8 Å². The Morgan fingerprint density at radius 2 is 1.96 bits per heavy atom. The summed E-state index contributed by atoms with van der Waals surface area (Å²) >= 11 is 0. The van der Waals surface area contributed by atoms with Crippen LogP contribution < -0.4 is 0 Å². The Bertz CT molecular complexity index is 1060. The smallest absolute Gasteiger partial charge is 0.221 e. The maximum atomic E-state index is 11.5. The van der Waals surface area contributed by atoms with Gasteiger partial charge >= 0.3 is 0 Å². The number of aromatic nitrogens is 6. The van der Waals surface area contributed by atoms with Crippen molar-refractivity contribution in [3.8, 4) is 0 Å². The minimum absolute atomic E-state index is 0.135. The monoisotopic (exact) mass is 348 g/mol. The molecule has 0 aliphatic heterocycles. The Morgan fingerprint density at radius 3 is 2.73 bits per heavy atom. The molecule has 7 heteroatoms. The third kappa shape index (κ3) is 3.72. The van der Waals surface area contributed by atoms with Gasteiger partial charge in [0, 0.05) is 18.5 Å². The highest BCUT2D eigenvalue weighted by atomic mass is 16.1. The Hall–Kier alpha value is -3.22. The van der Waals surface area contributed by atoms with Gasteiger partial charge in [-0.15, -0.1) is 5.10 Å². The van der Waals surface area contributed by atoms with Crippen molar-refractivity contribution in [2.75, 3.05) is 0 Å². The second kappa shape index (κ2) is 7.77. The topological polar surface area (TPSA) is 86.5 Å². The molecule has 0 saturated heterocycles. The van der Waals surface area contributed by atoms with Crippen molar-refractivity contribution < 1.29 is 4.79 Å². The molecule has 0 fully saturated rings. The molecule has 1 aromatic carbocycles. The van der Waals surface area contributed by atoms with E-state index in [-0.39, 0.29) is 5.78 Å². The summed E-state index contributed by atoms with van der Waals surface area (Å²) in [5, 5.41) is 9.14. The van der Waals surface area contributed by atoms with Crippen LogP contribution in [0.3, 0.4) is 0 Å². The van der Waals surface area contributed by atoms with Crippen molar-refractivity contribution in [3.05, 3.63) is 54.0 Å². The molecule has 3 heterocycles. The van der Waals surface area contributed by atoms with Gasteiger partial charge in [0.2, 0.25) is 5.65 Å². The summed E-state index contributed by atoms with van der Waals surface area (Å²) in [6.45, 7) is 6.21. The molecular weight excluding hydrogens is 328 g/mol. The average Bonchev–Trinajstić information content (AvgIpc) is 3.04. The maximum absolute atomic E-state index is 11.5. The SMILES string of the molecule is CC(=O)c1cnc2nnn(Cc3ccc4ncccc4c3)c2n1.CCC. The summed E-state index contributed by atoms with van der Waals surface area (Å²) in [6.07, 6.45) is 4.44. The van der Waals surface area contributed by atoms with E-state index < -0.39 is 0 Å². The molecule has 0 aliphatic rings. The molecule has 0 unspecified atom stereocenters. The fourth-order valence-corrected chi connectivity index (χ4v) is 2.43. The van der Waals surface area contributed by atoms with E-state index in [0.29, 0.717) is 23.5 Å². The molecule has 0 aliphatic carbocycles. The van der Waals surface area contributed by atoms with Gasteiger partial charge < -0.3 is 0 Å². The van der Waals surface area contributed by atoms with Gasteiger partial charge in [0.1, 0.15) is 5.69 Å². The highest BCUT2D eigenvalue weighted by Crippen LogP contribution is 2.15. The van der Waals surface area contributed by atoms with Crippen molar-refractivity contribution >= 4 is 28.0 Å². The molecule has 0 spiro atoms. The summed E-state index contributed by atoms with van der Waals surface area (Å²) in [5.74, 6) is -0.135. The van der Waals surface area contributed by atoms with E-state index in [1.165, 1.54) is 19.5 Å². The molecule has 4 rings (SSSR count). The molecule has 0 amide bonds. The van der Waals surface area contributed by atoms with Crippen LogP contribution in [0, 0.1) is 0 Å². The van der Waals surface area contributed by atoms with E-state index >= 15 is 0 Å². The van der Waals surface area contributed by atoms with Crippen LogP contribution in [0.4, 0.5) is 0 Å². The summed E-state index contributed by atoms with van der Waals surface area (Å²) in [4.78, 5) is 24.2. The Morgan fingerprint density at radius 1 is 1.15 bits per heavy atom. The number of carbonyl (C=O) groups excluding carboxylic acids is 1. The van der Waals surface area contributed by atoms with E-state index in [4.69, 9.17) is 0 Å². The first-order chi connectivity index (χ1) is 12.6. The Kier molecular flexibility index (Phi) is 5.26. The van der Waals surface area contributed by atoms with Crippen LogP contribution in [0.25, 0.3) is 22.2 Å². The van der Waals surface area contributed by atoms with Crippen molar-refractivity contribution in [1.29, 1.82) is 0 Å². The van der Waals surface area contributed by atoms with E-state index in [1.807, 2.05) is 24.3 Å². The van der Waals surface area contributed by atoms with Gasteiger partial charge in [-0.3, -0.25) is 9.78 Å². The number of ketones is 1. The first kappa shape index (κ1) is 17.6. The van der Waals surface area contributed by atoms with Crippen molar-refractivity contribution in [2.45, 2.75) is 33.7 Å². The standard InChI is InChI=1S/C16H12N6O.C3H8/c1-10(23)14-8-18-15-16(19-14)22(21-20-15)9-11-4-5-13-12(7-11)3-2-6-17-13;1-3-2/h2-8H,9H2,1H3;3H2,1-2H3. The highest BCUT2D eigenvalue weighted by molar-refractivity contribution is 5.92. The quantitative estimate of drug-likeness (QED) is 0.527. The largest absolute Gasteiger partial charge is 0.293 e. The van der Waals surface area contributed by atoms with E-state index in [0.717, 1.165) is 16.5 Å². The van der Waals surface area contributed by atoms with E-state index in [1.54, 1.807) is 10.9 Å². The zero-order chi connectivity index (χ0) is 18.5. The molecular formula is C19H20N6O. The lowest BCUT2D eigenvalue weighted by molar-refractivity contribution is 0.101. The number of carbonyl (C=O) groups is 1. The third-order valence-electron chi connectivity index (χ3n) is 3.59. The van der Waals surface area contributed by atoms with Crippen LogP contribution in [-0.2, 0) is 6.54 Å². The van der Waals surface area contributed by atoms with Crippen LogP contribution in [0.2, 0.25) is 0 Å². The molecule has 4 aromatic rings. The molecule has 3 aromatic heterocycles. The van der Waals surface area contributed by atoms with E-state index in [9.17, 15) is 4.79 Å². The van der Waals surface area contributed by atoms with Crippen molar-refractivity contribution in [2.24, 2.45) is 0 Å². The van der Waals surface area contributed by atoms with Gasteiger partial charge in [0.25, 0.3) is 0 Å². The van der Waals surface area contributed by atoms with Gasteiger partial charge in [0.05, 0.1) is 18.3 Å². The number of hydrogen-bond donors (Lipinski definition) is 0.